The number of nitrogens with one attached hydrogen (secondary N) is 1. The van der Waals surface area contributed by atoms with Gasteiger partial charge in [-0.05, 0) is 43.0 Å². The van der Waals surface area contributed by atoms with E-state index in [1.165, 1.54) is 16.4 Å². The van der Waals surface area contributed by atoms with Crippen LogP contribution in [0.4, 0.5) is 0 Å². The van der Waals surface area contributed by atoms with Gasteiger partial charge in [-0.3, -0.25) is 4.79 Å². The fourth-order valence-corrected chi connectivity index (χ4v) is 4.80. The molecule has 1 aromatic carbocycles. The van der Waals surface area contributed by atoms with E-state index in [2.05, 4.69) is 5.32 Å². The van der Waals surface area contributed by atoms with Gasteiger partial charge in [-0.2, -0.15) is 4.31 Å². The summed E-state index contributed by atoms with van der Waals surface area (Å²) in [7, 11) is -3.74. The number of hydrogen-bond acceptors (Lipinski definition) is 3. The quantitative estimate of drug-likeness (QED) is 0.780. The SMILES string of the molecule is CC(C)CNC(=O)CN(C1CCCCC1)S(=O)(=O)c1ccc(Cl)cc1. The van der Waals surface area contributed by atoms with E-state index in [9.17, 15) is 13.2 Å². The summed E-state index contributed by atoms with van der Waals surface area (Å²) in [5, 5.41) is 3.30. The molecule has 0 unspecified atom stereocenters. The molecule has 7 heteroatoms. The Balaban J connectivity index is 2.23. The lowest BCUT2D eigenvalue weighted by Gasteiger charge is -2.33. The van der Waals surface area contributed by atoms with E-state index in [1.54, 1.807) is 12.1 Å². The lowest BCUT2D eigenvalue weighted by atomic mass is 9.95. The molecule has 140 valence electrons. The third kappa shape index (κ3) is 5.69. The molecule has 0 radical (unpaired) electrons. The molecule has 1 aliphatic carbocycles. The van der Waals surface area contributed by atoms with E-state index < -0.39 is 10.0 Å². The van der Waals surface area contributed by atoms with Crippen molar-refractivity contribution in [3.8, 4) is 0 Å². The van der Waals surface area contributed by atoms with Gasteiger partial charge in [-0.1, -0.05) is 44.7 Å². The molecule has 1 N–H and O–H groups in total. The van der Waals surface area contributed by atoms with E-state index >= 15 is 0 Å². The molecule has 0 aliphatic heterocycles. The number of carbonyl (C=O) groups is 1. The summed E-state index contributed by atoms with van der Waals surface area (Å²) < 4.78 is 27.6. The Labute approximate surface area is 155 Å². The molecule has 0 aromatic heterocycles. The largest absolute Gasteiger partial charge is 0.355 e. The number of sulfonamides is 1. The van der Waals surface area contributed by atoms with E-state index in [-0.39, 0.29) is 23.4 Å². The molecule has 0 saturated heterocycles. The van der Waals surface area contributed by atoms with Crippen molar-refractivity contribution < 1.29 is 13.2 Å². The fourth-order valence-electron chi connectivity index (χ4n) is 3.04. The van der Waals surface area contributed by atoms with Crippen LogP contribution in [0.15, 0.2) is 29.2 Å². The highest BCUT2D eigenvalue weighted by Crippen LogP contribution is 2.28. The molecule has 1 saturated carbocycles. The first-order valence-electron chi connectivity index (χ1n) is 8.85. The number of carbonyl (C=O) groups excluding carboxylic acids is 1. The molecular formula is C18H27ClN2O3S. The predicted octanol–water partition coefficient (Wildman–Crippen LogP) is 3.44. The van der Waals surface area contributed by atoms with Gasteiger partial charge in [0.05, 0.1) is 11.4 Å². The first-order valence-corrected chi connectivity index (χ1v) is 10.7. The zero-order valence-electron chi connectivity index (χ0n) is 14.9. The highest BCUT2D eigenvalue weighted by atomic mass is 35.5. The summed E-state index contributed by atoms with van der Waals surface area (Å²) in [4.78, 5) is 12.5. The Bertz CT molecular complexity index is 668. The number of halogens is 1. The van der Waals surface area contributed by atoms with Crippen LogP contribution < -0.4 is 5.32 Å². The monoisotopic (exact) mass is 386 g/mol. The average Bonchev–Trinajstić information content (AvgIpc) is 2.59. The Morgan fingerprint density at radius 2 is 1.80 bits per heavy atom. The third-order valence-corrected chi connectivity index (χ3v) is 6.57. The molecule has 0 atom stereocenters. The van der Waals surface area contributed by atoms with Gasteiger partial charge in [0.1, 0.15) is 0 Å². The van der Waals surface area contributed by atoms with Gasteiger partial charge >= 0.3 is 0 Å². The molecule has 25 heavy (non-hydrogen) atoms. The highest BCUT2D eigenvalue weighted by Gasteiger charge is 2.33. The van der Waals surface area contributed by atoms with Crippen LogP contribution in [0.1, 0.15) is 46.0 Å². The van der Waals surface area contributed by atoms with Crippen molar-refractivity contribution in [2.24, 2.45) is 5.92 Å². The Hall–Kier alpha value is -1.11. The number of hydrogen-bond donors (Lipinski definition) is 1. The number of rotatable bonds is 7. The summed E-state index contributed by atoms with van der Waals surface area (Å²) in [6.45, 7) is 4.41. The van der Waals surface area contributed by atoms with Crippen molar-refractivity contribution in [2.75, 3.05) is 13.1 Å². The molecule has 1 amide bonds. The van der Waals surface area contributed by atoms with Crippen LogP contribution >= 0.6 is 11.6 Å². The standard InChI is InChI=1S/C18H27ClN2O3S/c1-14(2)12-20-18(22)13-21(16-6-4-3-5-7-16)25(23,24)17-10-8-15(19)9-11-17/h8-11,14,16H,3-7,12-13H2,1-2H3,(H,20,22). The fraction of sp³-hybridized carbons (Fsp3) is 0.611. The average molecular weight is 387 g/mol. The van der Waals surface area contributed by atoms with Crippen LogP contribution in [0.2, 0.25) is 5.02 Å². The van der Waals surface area contributed by atoms with Crippen LogP contribution in [0, 0.1) is 5.92 Å². The Morgan fingerprint density at radius 3 is 2.36 bits per heavy atom. The van der Waals surface area contributed by atoms with Gasteiger partial charge in [-0.25, -0.2) is 8.42 Å². The molecule has 0 bridgehead atoms. The van der Waals surface area contributed by atoms with Crippen molar-refractivity contribution in [1.29, 1.82) is 0 Å². The van der Waals surface area contributed by atoms with Crippen molar-refractivity contribution >= 4 is 27.5 Å². The molecule has 2 rings (SSSR count). The van der Waals surface area contributed by atoms with Crippen LogP contribution in [0.3, 0.4) is 0 Å². The number of nitrogens with zero attached hydrogens (tertiary/aromatic N) is 1. The molecule has 1 aliphatic rings. The maximum atomic E-state index is 13.1. The van der Waals surface area contributed by atoms with Gasteiger partial charge in [0.25, 0.3) is 0 Å². The first-order chi connectivity index (χ1) is 11.8. The minimum Gasteiger partial charge on any atom is -0.355 e. The number of benzene rings is 1. The van der Waals surface area contributed by atoms with E-state index in [1.807, 2.05) is 13.8 Å². The minimum atomic E-state index is -3.74. The van der Waals surface area contributed by atoms with Crippen LogP contribution in [0.25, 0.3) is 0 Å². The van der Waals surface area contributed by atoms with E-state index in [0.29, 0.717) is 17.5 Å². The van der Waals surface area contributed by atoms with E-state index in [0.717, 1.165) is 32.1 Å². The summed E-state index contributed by atoms with van der Waals surface area (Å²) in [5.74, 6) is 0.0664. The Kier molecular flexibility index (Phi) is 7.28. The smallest absolute Gasteiger partial charge is 0.243 e. The second kappa shape index (κ2) is 9.01. The van der Waals surface area contributed by atoms with Crippen molar-refractivity contribution in [3.63, 3.8) is 0 Å². The summed E-state index contributed by atoms with van der Waals surface area (Å²) in [6.07, 6.45) is 4.69. The molecule has 5 nitrogen and oxygen atoms in total. The second-order valence-electron chi connectivity index (χ2n) is 6.99. The maximum absolute atomic E-state index is 13.1. The maximum Gasteiger partial charge on any atom is 0.243 e. The summed E-state index contributed by atoms with van der Waals surface area (Å²) in [6, 6.07) is 6.00. The van der Waals surface area contributed by atoms with Crippen LogP contribution in [0.5, 0.6) is 0 Å². The zero-order chi connectivity index (χ0) is 18.4. The van der Waals surface area contributed by atoms with Gasteiger partial charge < -0.3 is 5.32 Å². The van der Waals surface area contributed by atoms with E-state index in [4.69, 9.17) is 11.6 Å². The topological polar surface area (TPSA) is 66.5 Å². The van der Waals surface area contributed by atoms with Crippen molar-refractivity contribution in [1.82, 2.24) is 9.62 Å². The third-order valence-electron chi connectivity index (χ3n) is 4.41. The summed E-state index contributed by atoms with van der Waals surface area (Å²) >= 11 is 5.87. The van der Waals surface area contributed by atoms with Gasteiger partial charge in [0.2, 0.25) is 15.9 Å². The van der Waals surface area contributed by atoms with Gasteiger partial charge in [0, 0.05) is 17.6 Å². The summed E-state index contributed by atoms with van der Waals surface area (Å²) in [5.41, 5.74) is 0. The molecular weight excluding hydrogens is 360 g/mol. The molecule has 1 aromatic rings. The zero-order valence-corrected chi connectivity index (χ0v) is 16.4. The number of amides is 1. The van der Waals surface area contributed by atoms with Crippen molar-refractivity contribution in [2.45, 2.75) is 56.9 Å². The minimum absolute atomic E-state index is 0.126. The molecule has 0 heterocycles. The van der Waals surface area contributed by atoms with Crippen LogP contribution in [-0.2, 0) is 14.8 Å². The lowest BCUT2D eigenvalue weighted by Crippen LogP contribution is -2.47. The Morgan fingerprint density at radius 1 is 1.20 bits per heavy atom. The molecule has 1 fully saturated rings. The van der Waals surface area contributed by atoms with Gasteiger partial charge in [0.15, 0.2) is 0 Å². The second-order valence-corrected chi connectivity index (χ2v) is 9.32. The van der Waals surface area contributed by atoms with Crippen LogP contribution in [-0.4, -0.2) is 37.8 Å². The highest BCUT2D eigenvalue weighted by molar-refractivity contribution is 7.89. The molecule has 0 spiro atoms. The predicted molar refractivity (Wildman–Crippen MR) is 100 cm³/mol. The van der Waals surface area contributed by atoms with Crippen molar-refractivity contribution in [3.05, 3.63) is 29.3 Å². The van der Waals surface area contributed by atoms with Gasteiger partial charge in [-0.15, -0.1) is 0 Å². The normalized spacial score (nSPS) is 16.4. The first kappa shape index (κ1) is 20.2. The lowest BCUT2D eigenvalue weighted by molar-refractivity contribution is -0.121.